The molecule has 4 aromatic rings. The molecule has 1 heterocycles. The highest BCUT2D eigenvalue weighted by molar-refractivity contribution is 5.89. The second-order valence-electron chi connectivity index (χ2n) is 9.78. The monoisotopic (exact) mass is 527 g/mol. The fourth-order valence-corrected chi connectivity index (χ4v) is 5.17. The number of rotatable bonds is 10. The van der Waals surface area contributed by atoms with Crippen molar-refractivity contribution < 1.29 is 19.1 Å². The summed E-state index contributed by atoms with van der Waals surface area (Å²) in [6.07, 6.45) is 4.01. The van der Waals surface area contributed by atoms with Gasteiger partial charge in [0.15, 0.2) is 0 Å². The molecule has 0 aliphatic heterocycles. The van der Waals surface area contributed by atoms with E-state index in [4.69, 9.17) is 9.47 Å². The van der Waals surface area contributed by atoms with Crippen LogP contribution in [-0.2, 0) is 22.7 Å². The van der Waals surface area contributed by atoms with E-state index in [1.807, 2.05) is 54.6 Å². The molecule has 0 saturated heterocycles. The number of aromatic nitrogens is 3. The van der Waals surface area contributed by atoms with E-state index in [9.17, 15) is 9.59 Å². The zero-order valence-corrected chi connectivity index (χ0v) is 22.2. The van der Waals surface area contributed by atoms with Crippen molar-refractivity contribution in [3.05, 3.63) is 83.9 Å². The molecule has 1 N–H and O–H groups in total. The topological polar surface area (TPSA) is 98.6 Å². The van der Waals surface area contributed by atoms with E-state index in [0.29, 0.717) is 22.6 Å². The Labute approximate surface area is 227 Å². The smallest absolute Gasteiger partial charge is 0.247 e. The fraction of sp³-hybridized carbons (Fsp3) is 0.333. The van der Waals surface area contributed by atoms with Crippen LogP contribution >= 0.6 is 0 Å². The van der Waals surface area contributed by atoms with Crippen LogP contribution < -0.4 is 14.8 Å². The maximum Gasteiger partial charge on any atom is 0.247 e. The molecule has 5 rings (SSSR count). The Balaban J connectivity index is 1.57. The predicted molar refractivity (Wildman–Crippen MR) is 147 cm³/mol. The highest BCUT2D eigenvalue weighted by Gasteiger charge is 2.34. The molecule has 9 heteroatoms. The molecule has 9 nitrogen and oxygen atoms in total. The summed E-state index contributed by atoms with van der Waals surface area (Å²) in [5, 5.41) is 11.6. The van der Waals surface area contributed by atoms with E-state index in [0.717, 1.165) is 36.8 Å². The molecule has 1 aromatic heterocycles. The lowest BCUT2D eigenvalue weighted by molar-refractivity contribution is -0.142. The van der Waals surface area contributed by atoms with E-state index in [-0.39, 0.29) is 30.9 Å². The van der Waals surface area contributed by atoms with E-state index >= 15 is 0 Å². The lowest BCUT2D eigenvalue weighted by Crippen LogP contribution is -2.46. The summed E-state index contributed by atoms with van der Waals surface area (Å²) in [7, 11) is 3.13. The summed E-state index contributed by atoms with van der Waals surface area (Å²) in [6.45, 7) is 0.163. The summed E-state index contributed by atoms with van der Waals surface area (Å²) in [6, 6.07) is 21.6. The average molecular weight is 528 g/mol. The maximum absolute atomic E-state index is 14.1. The number of carbonyl (C=O) groups excluding carboxylic acids is 2. The van der Waals surface area contributed by atoms with Crippen molar-refractivity contribution in [1.82, 2.24) is 25.2 Å². The highest BCUT2D eigenvalue weighted by atomic mass is 16.5. The minimum atomic E-state index is -0.919. The SMILES string of the molecule is COc1cc(OC)cc([C@@H](C(=O)NC2CCCC2)N(Cc2ccccc2)C(=O)Cn2nnc3ccccc32)c1. The van der Waals surface area contributed by atoms with Gasteiger partial charge in [0, 0.05) is 18.7 Å². The third-order valence-corrected chi connectivity index (χ3v) is 7.17. The van der Waals surface area contributed by atoms with E-state index in [1.54, 1.807) is 42.0 Å². The molecule has 2 amide bonds. The average Bonchev–Trinajstić information content (AvgIpc) is 3.63. The molecule has 3 aromatic carbocycles. The molecule has 1 aliphatic rings. The van der Waals surface area contributed by atoms with Gasteiger partial charge in [0.1, 0.15) is 29.6 Å². The Morgan fingerprint density at radius 3 is 2.33 bits per heavy atom. The minimum Gasteiger partial charge on any atom is -0.497 e. The summed E-state index contributed by atoms with van der Waals surface area (Å²) in [5.74, 6) is 0.586. The van der Waals surface area contributed by atoms with Gasteiger partial charge in [0.05, 0.1) is 19.7 Å². The van der Waals surface area contributed by atoms with Crippen molar-refractivity contribution >= 4 is 22.8 Å². The van der Waals surface area contributed by atoms with Gasteiger partial charge in [0.2, 0.25) is 11.8 Å². The first kappa shape index (κ1) is 26.2. The van der Waals surface area contributed by atoms with Crippen molar-refractivity contribution in [3.8, 4) is 11.5 Å². The normalized spacial score (nSPS) is 14.2. The van der Waals surface area contributed by atoms with Crippen LogP contribution in [-0.4, -0.2) is 52.0 Å². The number of nitrogens with one attached hydrogen (secondary N) is 1. The van der Waals surface area contributed by atoms with Crippen LogP contribution in [0.25, 0.3) is 11.0 Å². The lowest BCUT2D eigenvalue weighted by Gasteiger charge is -2.33. The molecule has 39 heavy (non-hydrogen) atoms. The molecule has 1 aliphatic carbocycles. The van der Waals surface area contributed by atoms with Gasteiger partial charge < -0.3 is 19.7 Å². The second-order valence-corrected chi connectivity index (χ2v) is 9.78. The summed E-state index contributed by atoms with van der Waals surface area (Å²) >= 11 is 0. The minimum absolute atomic E-state index is 0.0678. The lowest BCUT2D eigenvalue weighted by atomic mass is 10.0. The largest absolute Gasteiger partial charge is 0.497 e. The zero-order valence-electron chi connectivity index (χ0n) is 22.2. The first-order chi connectivity index (χ1) is 19.1. The highest BCUT2D eigenvalue weighted by Crippen LogP contribution is 2.32. The van der Waals surface area contributed by atoms with Crippen LogP contribution in [0, 0.1) is 0 Å². The van der Waals surface area contributed by atoms with E-state index < -0.39 is 6.04 Å². The van der Waals surface area contributed by atoms with Gasteiger partial charge in [-0.1, -0.05) is 60.5 Å². The molecule has 0 spiro atoms. The van der Waals surface area contributed by atoms with Gasteiger partial charge in [-0.15, -0.1) is 5.10 Å². The van der Waals surface area contributed by atoms with Crippen LogP contribution in [0.1, 0.15) is 42.9 Å². The first-order valence-corrected chi connectivity index (χ1v) is 13.2. The summed E-state index contributed by atoms with van der Waals surface area (Å²) < 4.78 is 12.6. The van der Waals surface area contributed by atoms with E-state index in [1.165, 1.54) is 0 Å². The van der Waals surface area contributed by atoms with Crippen LogP contribution in [0.2, 0.25) is 0 Å². The summed E-state index contributed by atoms with van der Waals surface area (Å²) in [4.78, 5) is 29.8. The number of amides is 2. The molecule has 0 radical (unpaired) electrons. The molecular weight excluding hydrogens is 494 g/mol. The van der Waals surface area contributed by atoms with Crippen molar-refractivity contribution in [2.45, 2.75) is 50.9 Å². The molecule has 0 bridgehead atoms. The van der Waals surface area contributed by atoms with Crippen molar-refractivity contribution in [3.63, 3.8) is 0 Å². The fourth-order valence-electron chi connectivity index (χ4n) is 5.17. The molecule has 0 unspecified atom stereocenters. The second kappa shape index (κ2) is 12.0. The number of methoxy groups -OCH3 is 2. The molecule has 1 atom stereocenters. The van der Waals surface area contributed by atoms with Crippen LogP contribution in [0.4, 0.5) is 0 Å². The van der Waals surface area contributed by atoms with Crippen molar-refractivity contribution in [1.29, 1.82) is 0 Å². The zero-order chi connectivity index (χ0) is 27.2. The van der Waals surface area contributed by atoms with Crippen LogP contribution in [0.3, 0.4) is 0 Å². The predicted octanol–water partition coefficient (Wildman–Crippen LogP) is 4.28. The third kappa shape index (κ3) is 6.03. The molecule has 1 saturated carbocycles. The van der Waals surface area contributed by atoms with Gasteiger partial charge in [-0.2, -0.15) is 0 Å². The quantitative estimate of drug-likeness (QED) is 0.331. The number of nitrogens with zero attached hydrogens (tertiary/aromatic N) is 4. The number of hydrogen-bond donors (Lipinski definition) is 1. The Hall–Kier alpha value is -4.40. The van der Waals surface area contributed by atoms with Gasteiger partial charge in [-0.05, 0) is 48.2 Å². The van der Waals surface area contributed by atoms with Crippen molar-refractivity contribution in [2.24, 2.45) is 0 Å². The molecule has 202 valence electrons. The number of fused-ring (bicyclic) bond motifs is 1. The maximum atomic E-state index is 14.1. The number of ether oxygens (including phenoxy) is 2. The van der Waals surface area contributed by atoms with Gasteiger partial charge >= 0.3 is 0 Å². The number of para-hydroxylation sites is 1. The Bertz CT molecular complexity index is 1410. The standard InChI is InChI=1S/C30H33N5O4/c1-38-24-16-22(17-25(18-24)39-2)29(30(37)31-23-12-6-7-13-23)34(19-21-10-4-3-5-11-21)28(36)20-35-27-15-9-8-14-26(27)32-33-35/h3-5,8-11,14-18,23,29H,6-7,12-13,19-20H2,1-2H3,(H,31,37)/t29-/m0/s1. The number of benzene rings is 3. The number of hydrogen-bond acceptors (Lipinski definition) is 6. The first-order valence-electron chi connectivity index (χ1n) is 13.2. The number of carbonyl (C=O) groups is 2. The Morgan fingerprint density at radius 2 is 1.64 bits per heavy atom. The Morgan fingerprint density at radius 1 is 0.974 bits per heavy atom. The Kier molecular flexibility index (Phi) is 8.05. The third-order valence-electron chi connectivity index (χ3n) is 7.17. The van der Waals surface area contributed by atoms with Gasteiger partial charge in [0.25, 0.3) is 0 Å². The molecule has 1 fully saturated rings. The van der Waals surface area contributed by atoms with Gasteiger partial charge in [-0.25, -0.2) is 4.68 Å². The van der Waals surface area contributed by atoms with Gasteiger partial charge in [-0.3, -0.25) is 9.59 Å². The molecular formula is C30H33N5O4. The van der Waals surface area contributed by atoms with Crippen molar-refractivity contribution in [2.75, 3.05) is 14.2 Å². The summed E-state index contributed by atoms with van der Waals surface area (Å²) in [5.41, 5.74) is 2.96. The van der Waals surface area contributed by atoms with Crippen LogP contribution in [0.15, 0.2) is 72.8 Å². The van der Waals surface area contributed by atoms with E-state index in [2.05, 4.69) is 15.6 Å². The van der Waals surface area contributed by atoms with Crippen LogP contribution in [0.5, 0.6) is 11.5 Å².